The molecule has 1 aliphatic rings. The first-order chi connectivity index (χ1) is 15.2. The van der Waals surface area contributed by atoms with Crippen LogP contribution < -0.4 is 10.6 Å². The van der Waals surface area contributed by atoms with Crippen LogP contribution in [0.25, 0.3) is 0 Å². The Hall–Kier alpha value is -3.04. The Kier molecular flexibility index (Phi) is 6.73. The molecule has 1 atom stereocenters. The minimum Gasteiger partial charge on any atom is -0.497 e. The van der Waals surface area contributed by atoms with E-state index >= 15 is 0 Å². The first-order valence-corrected chi connectivity index (χ1v) is 10.9. The maximum atomic E-state index is 13.3. The molecule has 4 rings (SSSR count). The Morgan fingerprint density at radius 2 is 1.84 bits per heavy atom. The zero-order valence-corrected chi connectivity index (χ0v) is 18.1. The summed E-state index contributed by atoms with van der Waals surface area (Å²) in [5, 5.41) is 8.57. The average molecular weight is 440 g/mol. The number of benzene rings is 2. The molecule has 9 heteroatoms. The van der Waals surface area contributed by atoms with E-state index < -0.39 is 5.25 Å². The SMILES string of the molecule is COc1ccc(Cc2nnc(S[C@H](C(=O)N3CCOCC3)c3ccccc3)n2N)cc1. The van der Waals surface area contributed by atoms with Gasteiger partial charge in [-0.1, -0.05) is 54.2 Å². The van der Waals surface area contributed by atoms with Crippen molar-refractivity contribution in [3.05, 3.63) is 71.5 Å². The normalized spacial score (nSPS) is 14.9. The van der Waals surface area contributed by atoms with Crippen LogP contribution in [0.3, 0.4) is 0 Å². The Morgan fingerprint density at radius 3 is 2.52 bits per heavy atom. The highest BCUT2D eigenvalue weighted by molar-refractivity contribution is 8.00. The third-order valence-electron chi connectivity index (χ3n) is 5.13. The van der Waals surface area contributed by atoms with Crippen LogP contribution in [-0.4, -0.2) is 59.1 Å². The van der Waals surface area contributed by atoms with Crippen molar-refractivity contribution in [3.63, 3.8) is 0 Å². The number of hydrogen-bond acceptors (Lipinski definition) is 7. The van der Waals surface area contributed by atoms with Gasteiger partial charge in [0, 0.05) is 19.5 Å². The van der Waals surface area contributed by atoms with Crippen molar-refractivity contribution in [2.45, 2.75) is 16.8 Å². The van der Waals surface area contributed by atoms with E-state index in [4.69, 9.17) is 15.3 Å². The van der Waals surface area contributed by atoms with Crippen LogP contribution in [0.1, 0.15) is 22.2 Å². The van der Waals surface area contributed by atoms with Gasteiger partial charge in [0.1, 0.15) is 11.0 Å². The van der Waals surface area contributed by atoms with E-state index in [2.05, 4.69) is 10.2 Å². The molecular weight excluding hydrogens is 414 g/mol. The Labute approximate surface area is 185 Å². The van der Waals surface area contributed by atoms with Gasteiger partial charge in [-0.2, -0.15) is 0 Å². The molecule has 0 spiro atoms. The van der Waals surface area contributed by atoms with Gasteiger partial charge in [0.05, 0.1) is 20.3 Å². The van der Waals surface area contributed by atoms with Crippen LogP contribution in [-0.2, 0) is 16.0 Å². The molecule has 8 nitrogen and oxygen atoms in total. The van der Waals surface area contributed by atoms with E-state index in [0.29, 0.717) is 43.7 Å². The number of thioether (sulfide) groups is 1. The first kappa shape index (κ1) is 21.2. The summed E-state index contributed by atoms with van der Waals surface area (Å²) < 4.78 is 12.1. The zero-order chi connectivity index (χ0) is 21.6. The standard InChI is InChI=1S/C22H25N5O3S/c1-29-18-9-7-16(8-10-18)15-19-24-25-22(27(19)23)31-20(17-5-3-2-4-6-17)21(28)26-11-13-30-14-12-26/h2-10,20H,11-15,23H2,1H3/t20-/m0/s1. The molecule has 3 aromatic rings. The lowest BCUT2D eigenvalue weighted by Crippen LogP contribution is -2.42. The van der Waals surface area contributed by atoms with Gasteiger partial charge in [0.15, 0.2) is 5.82 Å². The fraction of sp³-hybridized carbons (Fsp3) is 0.318. The van der Waals surface area contributed by atoms with Crippen LogP contribution >= 0.6 is 11.8 Å². The molecule has 1 aromatic heterocycles. The maximum absolute atomic E-state index is 13.3. The number of aromatic nitrogens is 3. The summed E-state index contributed by atoms with van der Waals surface area (Å²) in [4.78, 5) is 15.1. The topological polar surface area (TPSA) is 95.5 Å². The number of ether oxygens (including phenoxy) is 2. The summed E-state index contributed by atoms with van der Waals surface area (Å²) >= 11 is 1.32. The number of amides is 1. The van der Waals surface area contributed by atoms with Crippen LogP contribution in [0.2, 0.25) is 0 Å². The second-order valence-electron chi connectivity index (χ2n) is 7.14. The maximum Gasteiger partial charge on any atom is 0.240 e. The lowest BCUT2D eigenvalue weighted by Gasteiger charge is -2.30. The lowest BCUT2D eigenvalue weighted by molar-refractivity contribution is -0.134. The predicted octanol–water partition coefficient (Wildman–Crippen LogP) is 2.28. The molecule has 0 aliphatic carbocycles. The summed E-state index contributed by atoms with van der Waals surface area (Å²) in [5.74, 6) is 7.76. The van der Waals surface area contributed by atoms with Gasteiger partial charge in [0.25, 0.3) is 0 Å². The molecule has 1 fully saturated rings. The Bertz CT molecular complexity index is 1000. The van der Waals surface area contributed by atoms with Gasteiger partial charge in [0.2, 0.25) is 11.1 Å². The highest BCUT2D eigenvalue weighted by atomic mass is 32.2. The molecule has 1 saturated heterocycles. The quantitative estimate of drug-likeness (QED) is 0.446. The molecule has 1 aliphatic heterocycles. The van der Waals surface area contributed by atoms with Gasteiger partial charge >= 0.3 is 0 Å². The van der Waals surface area contributed by atoms with Crippen molar-refractivity contribution in [3.8, 4) is 5.75 Å². The first-order valence-electron chi connectivity index (χ1n) is 10.1. The molecule has 162 valence electrons. The van der Waals surface area contributed by atoms with Gasteiger partial charge < -0.3 is 20.2 Å². The highest BCUT2D eigenvalue weighted by Crippen LogP contribution is 2.36. The average Bonchev–Trinajstić information content (AvgIpc) is 3.17. The third-order valence-corrected chi connectivity index (χ3v) is 6.33. The molecule has 1 amide bonds. The molecule has 0 unspecified atom stereocenters. The summed E-state index contributed by atoms with van der Waals surface area (Å²) in [6, 6.07) is 17.4. The largest absolute Gasteiger partial charge is 0.497 e. The van der Waals surface area contributed by atoms with Gasteiger partial charge in [-0.15, -0.1) is 10.2 Å². The summed E-state index contributed by atoms with van der Waals surface area (Å²) in [5.41, 5.74) is 1.95. The van der Waals surface area contributed by atoms with Crippen LogP contribution in [0.15, 0.2) is 59.8 Å². The van der Waals surface area contributed by atoms with Crippen LogP contribution in [0.4, 0.5) is 0 Å². The van der Waals surface area contributed by atoms with E-state index in [1.807, 2.05) is 59.5 Å². The van der Waals surface area contributed by atoms with Gasteiger partial charge in [-0.05, 0) is 23.3 Å². The van der Waals surface area contributed by atoms with Crippen molar-refractivity contribution in [2.24, 2.45) is 0 Å². The Morgan fingerprint density at radius 1 is 1.13 bits per heavy atom. The van der Waals surface area contributed by atoms with E-state index in [1.54, 1.807) is 7.11 Å². The van der Waals surface area contributed by atoms with Crippen molar-refractivity contribution >= 4 is 17.7 Å². The summed E-state index contributed by atoms with van der Waals surface area (Å²) in [6.07, 6.45) is 0.529. The fourth-order valence-electron chi connectivity index (χ4n) is 3.38. The van der Waals surface area contributed by atoms with E-state index in [0.717, 1.165) is 16.9 Å². The highest BCUT2D eigenvalue weighted by Gasteiger charge is 2.30. The van der Waals surface area contributed by atoms with E-state index in [-0.39, 0.29) is 5.91 Å². The predicted molar refractivity (Wildman–Crippen MR) is 118 cm³/mol. The zero-order valence-electron chi connectivity index (χ0n) is 17.3. The summed E-state index contributed by atoms with van der Waals surface area (Å²) in [7, 11) is 1.64. The minimum absolute atomic E-state index is 0.0270. The van der Waals surface area contributed by atoms with Crippen molar-refractivity contribution in [1.29, 1.82) is 0 Å². The summed E-state index contributed by atoms with van der Waals surface area (Å²) in [6.45, 7) is 2.27. The fourth-order valence-corrected chi connectivity index (χ4v) is 4.44. The number of hydrogen-bond donors (Lipinski definition) is 1. The second-order valence-corrected chi connectivity index (χ2v) is 8.21. The lowest BCUT2D eigenvalue weighted by atomic mass is 10.1. The molecule has 0 bridgehead atoms. The molecule has 2 N–H and O–H groups in total. The molecule has 31 heavy (non-hydrogen) atoms. The molecule has 2 aromatic carbocycles. The van der Waals surface area contributed by atoms with E-state index in [9.17, 15) is 4.79 Å². The monoisotopic (exact) mass is 439 g/mol. The third kappa shape index (κ3) is 5.00. The number of carbonyl (C=O) groups excluding carboxylic acids is 1. The number of nitrogens with zero attached hydrogens (tertiary/aromatic N) is 4. The molecular formula is C22H25N5O3S. The van der Waals surface area contributed by atoms with E-state index in [1.165, 1.54) is 16.4 Å². The molecule has 0 radical (unpaired) electrons. The molecule has 0 saturated carbocycles. The van der Waals surface area contributed by atoms with Crippen molar-refractivity contribution in [2.75, 3.05) is 39.3 Å². The number of morpholine rings is 1. The number of rotatable bonds is 7. The van der Waals surface area contributed by atoms with Gasteiger partial charge in [-0.3, -0.25) is 4.79 Å². The number of nitrogens with two attached hydrogens (primary N) is 1. The number of carbonyl (C=O) groups is 1. The minimum atomic E-state index is -0.459. The van der Waals surface area contributed by atoms with Crippen molar-refractivity contribution < 1.29 is 14.3 Å². The second kappa shape index (κ2) is 9.84. The Balaban J connectivity index is 1.54. The number of methoxy groups -OCH3 is 1. The van der Waals surface area contributed by atoms with Gasteiger partial charge in [-0.25, -0.2) is 4.68 Å². The number of nitrogen functional groups attached to an aromatic ring is 1. The van der Waals surface area contributed by atoms with Crippen LogP contribution in [0, 0.1) is 0 Å². The van der Waals surface area contributed by atoms with Crippen molar-refractivity contribution in [1.82, 2.24) is 19.8 Å². The smallest absolute Gasteiger partial charge is 0.240 e. The molecule has 2 heterocycles. The van der Waals surface area contributed by atoms with Crippen LogP contribution in [0.5, 0.6) is 5.75 Å².